The van der Waals surface area contributed by atoms with Crippen LogP contribution in [0.4, 0.5) is 0 Å². The van der Waals surface area contributed by atoms with E-state index in [4.69, 9.17) is 0 Å². The first-order chi connectivity index (χ1) is 14.5. The van der Waals surface area contributed by atoms with Crippen LogP contribution in [-0.4, -0.2) is 20.8 Å². The van der Waals surface area contributed by atoms with Crippen molar-refractivity contribution in [1.82, 2.24) is 14.9 Å². The molecule has 0 unspecified atom stereocenters. The number of hydrogen-bond acceptors (Lipinski definition) is 3. The topological polar surface area (TPSA) is 66.1 Å². The normalized spacial score (nSPS) is 10.9. The van der Waals surface area contributed by atoms with Crippen LogP contribution in [0.15, 0.2) is 77.6 Å². The van der Waals surface area contributed by atoms with Gasteiger partial charge in [-0.1, -0.05) is 60.2 Å². The molecule has 1 heterocycles. The SMILES string of the molecule is Cc1ccc(C)c(C(=O)N(Cc2ccccc2)Cc2nc3ccccc3c(=O)[nH]2)c1. The Morgan fingerprint density at radius 1 is 0.933 bits per heavy atom. The number of hydrogen-bond donors (Lipinski definition) is 1. The molecule has 0 fully saturated rings. The zero-order valence-corrected chi connectivity index (χ0v) is 17.1. The number of fused-ring (bicyclic) bond motifs is 1. The summed E-state index contributed by atoms with van der Waals surface area (Å²) in [6, 6.07) is 22.9. The molecule has 0 atom stereocenters. The Bertz CT molecular complexity index is 1260. The molecule has 4 rings (SSSR count). The van der Waals surface area contributed by atoms with Crippen LogP contribution in [-0.2, 0) is 13.1 Å². The molecule has 3 aromatic carbocycles. The fourth-order valence-corrected chi connectivity index (χ4v) is 3.53. The van der Waals surface area contributed by atoms with Gasteiger partial charge in [0.25, 0.3) is 11.5 Å². The van der Waals surface area contributed by atoms with Gasteiger partial charge in [-0.15, -0.1) is 0 Å². The highest BCUT2D eigenvalue weighted by molar-refractivity contribution is 5.95. The summed E-state index contributed by atoms with van der Waals surface area (Å²) in [5, 5.41) is 0.539. The summed E-state index contributed by atoms with van der Waals surface area (Å²) in [5.41, 5.74) is 4.04. The molecule has 0 saturated heterocycles. The number of aryl methyl sites for hydroxylation is 2. The van der Waals surface area contributed by atoms with Gasteiger partial charge >= 0.3 is 0 Å². The fraction of sp³-hybridized carbons (Fsp3) is 0.160. The lowest BCUT2D eigenvalue weighted by atomic mass is 10.0. The average Bonchev–Trinajstić information content (AvgIpc) is 2.75. The third kappa shape index (κ3) is 4.15. The molecule has 0 aliphatic heterocycles. The molecule has 0 radical (unpaired) electrons. The van der Waals surface area contributed by atoms with E-state index in [2.05, 4.69) is 9.97 Å². The van der Waals surface area contributed by atoms with Gasteiger partial charge in [-0.3, -0.25) is 9.59 Å². The zero-order valence-electron chi connectivity index (χ0n) is 17.1. The molecule has 150 valence electrons. The van der Waals surface area contributed by atoms with E-state index in [1.807, 2.05) is 80.6 Å². The van der Waals surface area contributed by atoms with Crippen molar-refractivity contribution >= 4 is 16.8 Å². The molecule has 0 aliphatic rings. The first-order valence-corrected chi connectivity index (χ1v) is 9.89. The van der Waals surface area contributed by atoms with Crippen LogP contribution in [0.1, 0.15) is 32.9 Å². The fourth-order valence-electron chi connectivity index (χ4n) is 3.53. The summed E-state index contributed by atoms with van der Waals surface area (Å²) in [6.07, 6.45) is 0. The first kappa shape index (κ1) is 19.6. The second-order valence-corrected chi connectivity index (χ2v) is 7.49. The number of para-hydroxylation sites is 1. The Kier molecular flexibility index (Phi) is 5.44. The summed E-state index contributed by atoms with van der Waals surface area (Å²) >= 11 is 0. The Labute approximate surface area is 175 Å². The Morgan fingerprint density at radius 2 is 1.67 bits per heavy atom. The van der Waals surface area contributed by atoms with E-state index in [0.29, 0.717) is 28.8 Å². The minimum absolute atomic E-state index is 0.0872. The highest BCUT2D eigenvalue weighted by Gasteiger charge is 2.20. The van der Waals surface area contributed by atoms with Crippen molar-refractivity contribution in [2.75, 3.05) is 0 Å². The number of carbonyl (C=O) groups excluding carboxylic acids is 1. The van der Waals surface area contributed by atoms with E-state index in [0.717, 1.165) is 16.7 Å². The van der Waals surface area contributed by atoms with Gasteiger partial charge in [0.1, 0.15) is 5.82 Å². The number of benzene rings is 3. The van der Waals surface area contributed by atoms with Crippen molar-refractivity contribution in [1.29, 1.82) is 0 Å². The molecule has 0 aliphatic carbocycles. The molecule has 5 nitrogen and oxygen atoms in total. The van der Waals surface area contributed by atoms with E-state index >= 15 is 0 Å². The number of aromatic nitrogens is 2. The molecular weight excluding hydrogens is 374 g/mol. The van der Waals surface area contributed by atoms with Crippen molar-refractivity contribution in [3.8, 4) is 0 Å². The number of aromatic amines is 1. The number of carbonyl (C=O) groups is 1. The van der Waals surface area contributed by atoms with Gasteiger partial charge in [0.15, 0.2) is 0 Å². The number of nitrogens with one attached hydrogen (secondary N) is 1. The molecule has 1 N–H and O–H groups in total. The Morgan fingerprint density at radius 3 is 2.47 bits per heavy atom. The molecule has 4 aromatic rings. The maximum atomic E-state index is 13.5. The van der Waals surface area contributed by atoms with Crippen molar-refractivity contribution in [2.45, 2.75) is 26.9 Å². The summed E-state index contributed by atoms with van der Waals surface area (Å²) < 4.78 is 0. The Hall–Kier alpha value is -3.73. The lowest BCUT2D eigenvalue weighted by Gasteiger charge is -2.23. The van der Waals surface area contributed by atoms with Crippen molar-refractivity contribution in [3.05, 3.63) is 111 Å². The lowest BCUT2D eigenvalue weighted by Crippen LogP contribution is -2.32. The molecule has 1 aromatic heterocycles. The van der Waals surface area contributed by atoms with Gasteiger partial charge in [0.2, 0.25) is 0 Å². The molecule has 5 heteroatoms. The van der Waals surface area contributed by atoms with Gasteiger partial charge in [-0.2, -0.15) is 0 Å². The van der Waals surface area contributed by atoms with Crippen LogP contribution in [0, 0.1) is 13.8 Å². The van der Waals surface area contributed by atoms with Crippen LogP contribution in [0.2, 0.25) is 0 Å². The number of H-pyrrole nitrogens is 1. The van der Waals surface area contributed by atoms with Crippen LogP contribution in [0.3, 0.4) is 0 Å². The average molecular weight is 397 g/mol. The van der Waals surface area contributed by atoms with Crippen LogP contribution >= 0.6 is 0 Å². The van der Waals surface area contributed by atoms with Crippen molar-refractivity contribution in [3.63, 3.8) is 0 Å². The predicted octanol–water partition coefficient (Wildman–Crippen LogP) is 4.38. The summed E-state index contributed by atoms with van der Waals surface area (Å²) in [4.78, 5) is 35.1. The molecule has 0 bridgehead atoms. The quantitative estimate of drug-likeness (QED) is 0.543. The van der Waals surface area contributed by atoms with Gasteiger partial charge in [0.05, 0.1) is 17.4 Å². The summed E-state index contributed by atoms with van der Waals surface area (Å²) in [6.45, 7) is 4.54. The number of rotatable bonds is 5. The maximum Gasteiger partial charge on any atom is 0.258 e. The second kappa shape index (κ2) is 8.33. The van der Waals surface area contributed by atoms with E-state index < -0.39 is 0 Å². The second-order valence-electron chi connectivity index (χ2n) is 7.49. The van der Waals surface area contributed by atoms with Crippen LogP contribution in [0.25, 0.3) is 10.9 Å². The lowest BCUT2D eigenvalue weighted by molar-refractivity contribution is 0.0724. The number of nitrogens with zero attached hydrogens (tertiary/aromatic N) is 2. The Balaban J connectivity index is 1.73. The molecule has 0 spiro atoms. The third-order valence-corrected chi connectivity index (χ3v) is 5.13. The van der Waals surface area contributed by atoms with Gasteiger partial charge in [-0.25, -0.2) is 4.98 Å². The van der Waals surface area contributed by atoms with Crippen LogP contribution in [0.5, 0.6) is 0 Å². The molecule has 0 saturated carbocycles. The standard InChI is InChI=1S/C25H23N3O2/c1-17-12-13-18(2)21(14-17)25(30)28(15-19-8-4-3-5-9-19)16-23-26-22-11-7-6-10-20(22)24(29)27-23/h3-14H,15-16H2,1-2H3,(H,26,27,29). The summed E-state index contributed by atoms with van der Waals surface area (Å²) in [7, 11) is 0. The first-order valence-electron chi connectivity index (χ1n) is 9.89. The third-order valence-electron chi connectivity index (χ3n) is 5.13. The highest BCUT2D eigenvalue weighted by Crippen LogP contribution is 2.17. The monoisotopic (exact) mass is 397 g/mol. The zero-order chi connectivity index (χ0) is 21.1. The van der Waals surface area contributed by atoms with Crippen molar-refractivity contribution < 1.29 is 4.79 Å². The van der Waals surface area contributed by atoms with Crippen LogP contribution < -0.4 is 5.56 Å². The smallest absolute Gasteiger partial charge is 0.258 e. The molecule has 30 heavy (non-hydrogen) atoms. The summed E-state index contributed by atoms with van der Waals surface area (Å²) in [5.74, 6) is 0.379. The maximum absolute atomic E-state index is 13.5. The molecular formula is C25H23N3O2. The van der Waals surface area contributed by atoms with Gasteiger partial charge < -0.3 is 9.88 Å². The predicted molar refractivity (Wildman–Crippen MR) is 118 cm³/mol. The van der Waals surface area contributed by atoms with E-state index in [1.165, 1.54) is 0 Å². The minimum atomic E-state index is -0.200. The van der Waals surface area contributed by atoms with E-state index in [9.17, 15) is 9.59 Å². The van der Waals surface area contributed by atoms with Crippen molar-refractivity contribution in [2.24, 2.45) is 0 Å². The van der Waals surface area contributed by atoms with E-state index in [1.54, 1.807) is 11.0 Å². The highest BCUT2D eigenvalue weighted by atomic mass is 16.2. The van der Waals surface area contributed by atoms with Gasteiger partial charge in [-0.05, 0) is 43.2 Å². The number of amides is 1. The van der Waals surface area contributed by atoms with Gasteiger partial charge in [0, 0.05) is 12.1 Å². The molecule has 1 amide bonds. The minimum Gasteiger partial charge on any atom is -0.327 e. The van der Waals surface area contributed by atoms with E-state index in [-0.39, 0.29) is 18.0 Å². The largest absolute Gasteiger partial charge is 0.327 e.